The van der Waals surface area contributed by atoms with Gasteiger partial charge >= 0.3 is 5.97 Å². The number of aliphatic carboxylic acids is 1. The molecular formula is C66H66N2O2S3. The minimum absolute atomic E-state index is 0.0165. The first-order valence-electron chi connectivity index (χ1n) is 26.7. The summed E-state index contributed by atoms with van der Waals surface area (Å²) < 4.78 is 0. The second kappa shape index (κ2) is 22.0. The molecule has 370 valence electrons. The Morgan fingerprint density at radius 3 is 1.63 bits per heavy atom. The van der Waals surface area contributed by atoms with Crippen molar-refractivity contribution in [3.8, 4) is 57.6 Å². The van der Waals surface area contributed by atoms with Crippen LogP contribution >= 0.6 is 34.0 Å². The SMILES string of the molecule is CCCCCCCCC1(CCCCCCCC)c2cc(-c3ccc4c(c3)C(C)(C)c3cc(/C=C(\C#N)C(=O)O)ccc3-4)sc2-c2sc(-c3ccc(-c4ccc(N(c5ccccc5)c5ccccc5)cc4)s3)cc21. The average Bonchev–Trinajstić information content (AvgIpc) is 4.25. The Hall–Kier alpha value is -6.30. The first kappa shape index (κ1) is 50.2. The quantitative estimate of drug-likeness (QED) is 0.0417. The summed E-state index contributed by atoms with van der Waals surface area (Å²) in [5.41, 5.74) is 14.0. The molecule has 0 saturated carbocycles. The number of nitriles is 1. The largest absolute Gasteiger partial charge is 0.477 e. The predicted molar refractivity (Wildman–Crippen MR) is 312 cm³/mol. The number of benzene rings is 5. The molecule has 0 radical (unpaired) electrons. The van der Waals surface area contributed by atoms with E-state index < -0.39 is 5.97 Å². The molecule has 0 bridgehead atoms. The topological polar surface area (TPSA) is 64.3 Å². The maximum absolute atomic E-state index is 11.7. The van der Waals surface area contributed by atoms with Gasteiger partial charge in [-0.05, 0) is 136 Å². The van der Waals surface area contributed by atoms with Crippen LogP contribution in [0.4, 0.5) is 17.1 Å². The first-order valence-corrected chi connectivity index (χ1v) is 29.1. The van der Waals surface area contributed by atoms with Crippen molar-refractivity contribution in [2.45, 2.75) is 128 Å². The number of hydrogen-bond acceptors (Lipinski definition) is 6. The Kier molecular flexibility index (Phi) is 15.2. The number of thiophene rings is 3. The van der Waals surface area contributed by atoms with Crippen molar-refractivity contribution in [1.29, 1.82) is 5.26 Å². The molecule has 3 heterocycles. The lowest BCUT2D eigenvalue weighted by molar-refractivity contribution is -0.132. The van der Waals surface area contributed by atoms with Crippen LogP contribution in [0, 0.1) is 11.3 Å². The zero-order valence-electron chi connectivity index (χ0n) is 42.8. The highest BCUT2D eigenvalue weighted by atomic mass is 32.1. The third-order valence-corrected chi connectivity index (χ3v) is 19.4. The highest BCUT2D eigenvalue weighted by Crippen LogP contribution is 2.62. The molecule has 7 heteroatoms. The van der Waals surface area contributed by atoms with Gasteiger partial charge in [-0.25, -0.2) is 4.79 Å². The Morgan fingerprint density at radius 2 is 1.04 bits per heavy atom. The van der Waals surface area contributed by atoms with Crippen LogP contribution in [0.25, 0.3) is 57.6 Å². The van der Waals surface area contributed by atoms with Gasteiger partial charge in [0.25, 0.3) is 0 Å². The molecule has 4 nitrogen and oxygen atoms in total. The molecule has 73 heavy (non-hydrogen) atoms. The molecule has 0 aliphatic heterocycles. The van der Waals surface area contributed by atoms with E-state index in [9.17, 15) is 15.2 Å². The van der Waals surface area contributed by atoms with Crippen molar-refractivity contribution in [1.82, 2.24) is 0 Å². The van der Waals surface area contributed by atoms with E-state index in [0.29, 0.717) is 0 Å². The number of fused-ring (bicyclic) bond motifs is 6. The van der Waals surface area contributed by atoms with Crippen LogP contribution in [-0.4, -0.2) is 11.1 Å². The molecule has 0 spiro atoms. The average molecular weight is 1020 g/mol. The molecule has 0 amide bonds. The molecule has 0 atom stereocenters. The maximum atomic E-state index is 11.7. The first-order chi connectivity index (χ1) is 35.6. The second-order valence-electron chi connectivity index (χ2n) is 20.7. The highest BCUT2D eigenvalue weighted by Gasteiger charge is 2.46. The molecule has 1 N–H and O–H groups in total. The molecule has 3 aromatic heterocycles. The predicted octanol–water partition coefficient (Wildman–Crippen LogP) is 20.4. The van der Waals surface area contributed by atoms with Crippen LogP contribution in [0.5, 0.6) is 0 Å². The van der Waals surface area contributed by atoms with Crippen molar-refractivity contribution in [2.75, 3.05) is 4.90 Å². The summed E-state index contributed by atoms with van der Waals surface area (Å²) in [6, 6.07) is 55.2. The van der Waals surface area contributed by atoms with E-state index in [1.807, 2.05) is 46.1 Å². The summed E-state index contributed by atoms with van der Waals surface area (Å²) in [4.78, 5) is 22.3. The van der Waals surface area contributed by atoms with Crippen LogP contribution in [0.1, 0.15) is 145 Å². The number of carboxylic acids is 1. The number of unbranched alkanes of at least 4 members (excludes halogenated alkanes) is 10. The summed E-state index contributed by atoms with van der Waals surface area (Å²) in [5, 5.41) is 19.1. The van der Waals surface area contributed by atoms with Gasteiger partial charge in [-0.3, -0.25) is 0 Å². The summed E-state index contributed by atoms with van der Waals surface area (Å²) in [5.74, 6) is -1.21. The summed E-state index contributed by atoms with van der Waals surface area (Å²) >= 11 is 5.92. The zero-order chi connectivity index (χ0) is 50.5. The number of hydrogen-bond donors (Lipinski definition) is 1. The Balaban J connectivity index is 1.000. The van der Waals surface area contributed by atoms with Crippen molar-refractivity contribution in [2.24, 2.45) is 0 Å². The second-order valence-corrected chi connectivity index (χ2v) is 23.9. The van der Waals surface area contributed by atoms with Gasteiger partial charge in [0.2, 0.25) is 0 Å². The van der Waals surface area contributed by atoms with Crippen LogP contribution in [0.15, 0.2) is 151 Å². The smallest absolute Gasteiger partial charge is 0.346 e. The van der Waals surface area contributed by atoms with E-state index in [2.05, 4.69) is 172 Å². The number of anilines is 3. The highest BCUT2D eigenvalue weighted by molar-refractivity contribution is 7.28. The number of nitrogens with zero attached hydrogens (tertiary/aromatic N) is 2. The van der Waals surface area contributed by atoms with Gasteiger partial charge in [-0.1, -0.05) is 184 Å². The number of carboxylic acid groups (broad SMARTS) is 1. The Labute approximate surface area is 445 Å². The lowest BCUT2D eigenvalue weighted by atomic mass is 9.71. The fourth-order valence-electron chi connectivity index (χ4n) is 11.6. The number of para-hydroxylation sites is 2. The Bertz CT molecular complexity index is 3240. The van der Waals surface area contributed by atoms with Crippen molar-refractivity contribution < 1.29 is 9.90 Å². The summed E-state index contributed by atoms with van der Waals surface area (Å²) in [6.45, 7) is 9.16. The van der Waals surface area contributed by atoms with Gasteiger partial charge < -0.3 is 10.0 Å². The van der Waals surface area contributed by atoms with E-state index in [-0.39, 0.29) is 16.4 Å². The minimum Gasteiger partial charge on any atom is -0.477 e. The number of carbonyl (C=O) groups is 1. The van der Waals surface area contributed by atoms with Gasteiger partial charge in [-0.15, -0.1) is 34.0 Å². The molecular weight excluding hydrogens is 949 g/mol. The lowest BCUT2D eigenvalue weighted by Gasteiger charge is -2.31. The third kappa shape index (κ3) is 10.1. The fourth-order valence-corrected chi connectivity index (χ4v) is 15.4. The molecule has 10 rings (SSSR count). The Morgan fingerprint density at radius 1 is 0.534 bits per heavy atom. The summed E-state index contributed by atoms with van der Waals surface area (Å²) in [7, 11) is 0. The van der Waals surface area contributed by atoms with Crippen LogP contribution in [0.2, 0.25) is 0 Å². The molecule has 2 aliphatic carbocycles. The summed E-state index contributed by atoms with van der Waals surface area (Å²) in [6.07, 6.45) is 19.3. The van der Waals surface area contributed by atoms with Crippen LogP contribution < -0.4 is 4.90 Å². The number of rotatable bonds is 22. The van der Waals surface area contributed by atoms with Gasteiger partial charge in [0.05, 0.1) is 0 Å². The molecule has 5 aromatic carbocycles. The van der Waals surface area contributed by atoms with Crippen molar-refractivity contribution in [3.05, 3.63) is 179 Å². The van der Waals surface area contributed by atoms with Gasteiger partial charge in [-0.2, -0.15) is 5.26 Å². The third-order valence-electron chi connectivity index (χ3n) is 15.5. The molecule has 0 unspecified atom stereocenters. The van der Waals surface area contributed by atoms with Gasteiger partial charge in [0.1, 0.15) is 11.6 Å². The molecule has 8 aromatic rings. The van der Waals surface area contributed by atoms with Crippen LogP contribution in [-0.2, 0) is 15.6 Å². The van der Waals surface area contributed by atoms with E-state index in [0.717, 1.165) is 28.2 Å². The molecule has 2 aliphatic rings. The van der Waals surface area contributed by atoms with E-state index in [1.165, 1.54) is 153 Å². The van der Waals surface area contributed by atoms with Crippen molar-refractivity contribution >= 4 is 63.1 Å². The van der Waals surface area contributed by atoms with E-state index >= 15 is 0 Å². The fraction of sp³-hybridized carbons (Fsp3) is 0.303. The lowest BCUT2D eigenvalue weighted by Crippen LogP contribution is -2.25. The normalized spacial score (nSPS) is 13.8. The minimum atomic E-state index is -1.21. The molecule has 0 saturated heterocycles. The zero-order valence-corrected chi connectivity index (χ0v) is 45.3. The van der Waals surface area contributed by atoms with Gasteiger partial charge in [0.15, 0.2) is 0 Å². The van der Waals surface area contributed by atoms with Crippen molar-refractivity contribution in [3.63, 3.8) is 0 Å². The van der Waals surface area contributed by atoms with Crippen LogP contribution in [0.3, 0.4) is 0 Å². The monoisotopic (exact) mass is 1010 g/mol. The maximum Gasteiger partial charge on any atom is 0.346 e. The van der Waals surface area contributed by atoms with Gasteiger partial charge in [0, 0.05) is 57.2 Å². The standard InChI is InChI=1S/C66H66N2O2S3/c1-5-7-9-11-13-21-37-66(38-22-14-12-10-8-6-2)56-42-60(47-30-34-53-52-33-27-45(39-48(44-67)64(69)70)40-54(52)65(3,4)55(53)41-47)72-62(56)63-57(66)43-61(73-63)59-36-35-58(71-59)46-28-31-51(32-29-46)68(49-23-17-15-18-24-49)50-25-19-16-20-26-50/h15-20,23-36,39-43H,5-14,21-22,37-38H2,1-4H3,(H,69,70)/b48-39+. The van der Waals surface area contributed by atoms with E-state index in [1.54, 1.807) is 11.1 Å². The molecule has 0 fully saturated rings. The van der Waals surface area contributed by atoms with E-state index in [4.69, 9.17) is 0 Å².